The molecule has 0 bridgehead atoms. The minimum atomic E-state index is -3.73. The van der Waals surface area contributed by atoms with E-state index < -0.39 is 34.3 Å². The fourth-order valence-corrected chi connectivity index (χ4v) is 14.1. The molecule has 0 amide bonds. The molecule has 1 aliphatic heterocycles. The van der Waals surface area contributed by atoms with Crippen LogP contribution >= 0.6 is 23.5 Å². The van der Waals surface area contributed by atoms with Gasteiger partial charge in [-0.2, -0.15) is 0 Å². The molecule has 2 aliphatic rings. The van der Waals surface area contributed by atoms with Gasteiger partial charge in [-0.1, -0.05) is 36.4 Å². The summed E-state index contributed by atoms with van der Waals surface area (Å²) < 4.78 is 52.3. The second-order valence-corrected chi connectivity index (χ2v) is 13.5. The fourth-order valence-electron chi connectivity index (χ4n) is 3.45. The maximum absolute atomic E-state index is 13.3. The monoisotopic (exact) mass is 426 g/mol. The highest BCUT2D eigenvalue weighted by atomic mass is 32.2. The van der Waals surface area contributed by atoms with Gasteiger partial charge < -0.3 is 0 Å². The zero-order valence-electron chi connectivity index (χ0n) is 13.8. The van der Waals surface area contributed by atoms with E-state index in [1.807, 2.05) is 0 Å². The van der Waals surface area contributed by atoms with Crippen molar-refractivity contribution >= 4 is 43.2 Å². The molecule has 1 saturated heterocycles. The summed E-state index contributed by atoms with van der Waals surface area (Å²) in [5.74, 6) is 1.57. The largest absolute Gasteiger partial charge is 0.223 e. The maximum Gasteiger partial charge on any atom is 0.184 e. The van der Waals surface area contributed by atoms with Crippen LogP contribution in [-0.2, 0) is 19.7 Å². The molecule has 26 heavy (non-hydrogen) atoms. The van der Waals surface area contributed by atoms with Crippen molar-refractivity contribution in [1.29, 1.82) is 0 Å². The molecular formula is C18H18O4S4. The molecule has 2 aromatic carbocycles. The summed E-state index contributed by atoms with van der Waals surface area (Å²) in [5.41, 5.74) is 0. The van der Waals surface area contributed by atoms with Crippen LogP contribution in [0.25, 0.3) is 0 Å². The highest BCUT2D eigenvalue weighted by Crippen LogP contribution is 2.66. The van der Waals surface area contributed by atoms with Gasteiger partial charge in [0.2, 0.25) is 0 Å². The lowest BCUT2D eigenvalue weighted by molar-refractivity contribution is 0.587. The summed E-state index contributed by atoms with van der Waals surface area (Å²) >= 11 is 2.99. The maximum atomic E-state index is 13.3. The van der Waals surface area contributed by atoms with Crippen LogP contribution in [0.3, 0.4) is 0 Å². The zero-order valence-corrected chi connectivity index (χ0v) is 17.1. The number of sulfone groups is 2. The summed E-state index contributed by atoms with van der Waals surface area (Å²) in [6.45, 7) is 0. The molecule has 2 aromatic rings. The Bertz CT molecular complexity index is 918. The number of rotatable bonds is 4. The molecule has 0 unspecified atom stereocenters. The van der Waals surface area contributed by atoms with E-state index in [0.717, 1.165) is 17.9 Å². The number of benzene rings is 2. The van der Waals surface area contributed by atoms with E-state index in [1.54, 1.807) is 60.7 Å². The van der Waals surface area contributed by atoms with E-state index in [4.69, 9.17) is 0 Å². The van der Waals surface area contributed by atoms with Gasteiger partial charge in [0, 0.05) is 0 Å². The van der Waals surface area contributed by atoms with Crippen LogP contribution < -0.4 is 0 Å². The lowest BCUT2D eigenvalue weighted by atomic mass is 10.4. The van der Waals surface area contributed by atoms with Gasteiger partial charge in [0.15, 0.2) is 19.7 Å². The van der Waals surface area contributed by atoms with Gasteiger partial charge in [0.25, 0.3) is 0 Å². The lowest BCUT2D eigenvalue weighted by Gasteiger charge is -2.22. The van der Waals surface area contributed by atoms with E-state index >= 15 is 0 Å². The van der Waals surface area contributed by atoms with Crippen LogP contribution in [0.1, 0.15) is 6.42 Å². The third kappa shape index (κ3) is 2.82. The number of hydrogen-bond donors (Lipinski definition) is 0. The lowest BCUT2D eigenvalue weighted by Crippen LogP contribution is -2.19. The van der Waals surface area contributed by atoms with Crippen molar-refractivity contribution in [2.24, 2.45) is 0 Å². The van der Waals surface area contributed by atoms with Crippen molar-refractivity contribution in [3.63, 3.8) is 0 Å². The molecule has 2 fully saturated rings. The average molecular weight is 427 g/mol. The quantitative estimate of drug-likeness (QED) is 0.748. The van der Waals surface area contributed by atoms with Crippen LogP contribution in [0.5, 0.6) is 0 Å². The topological polar surface area (TPSA) is 68.3 Å². The minimum absolute atomic E-state index is 0.196. The Labute approximate surface area is 162 Å². The van der Waals surface area contributed by atoms with Gasteiger partial charge >= 0.3 is 0 Å². The SMILES string of the molecule is O=S(=O)(c1ccccc1)[C@@H]1[C@@H](S(=O)(=O)c2ccccc2)C12SCCCS2. The first kappa shape index (κ1) is 18.4. The van der Waals surface area contributed by atoms with E-state index in [-0.39, 0.29) is 9.79 Å². The predicted molar refractivity (Wildman–Crippen MR) is 107 cm³/mol. The van der Waals surface area contributed by atoms with E-state index in [0.29, 0.717) is 0 Å². The van der Waals surface area contributed by atoms with Gasteiger partial charge in [-0.3, -0.25) is 0 Å². The summed E-state index contributed by atoms with van der Waals surface area (Å²) in [7, 11) is -7.47. The predicted octanol–water partition coefficient (Wildman–Crippen LogP) is 3.25. The Kier molecular flexibility index (Phi) is 4.66. The second kappa shape index (κ2) is 6.58. The van der Waals surface area contributed by atoms with Crippen molar-refractivity contribution in [1.82, 2.24) is 0 Å². The van der Waals surface area contributed by atoms with Gasteiger partial charge in [0.1, 0.15) is 10.5 Å². The standard InChI is InChI=1S/C18H18O4S4/c19-25(20,14-8-3-1-4-9-14)16-17(18(16)23-12-7-13-24-18)26(21,22)15-10-5-2-6-11-15/h1-6,8-11,16-17H,7,12-13H2/t16-,17-/m1/s1. The summed E-state index contributed by atoms with van der Waals surface area (Å²) in [6, 6.07) is 16.4. The van der Waals surface area contributed by atoms with Crippen LogP contribution in [0.2, 0.25) is 0 Å². The smallest absolute Gasteiger partial charge is 0.184 e. The minimum Gasteiger partial charge on any atom is -0.223 e. The van der Waals surface area contributed by atoms with Crippen LogP contribution in [-0.4, -0.2) is 42.9 Å². The summed E-state index contributed by atoms with van der Waals surface area (Å²) in [4.78, 5) is 0.392. The Hall–Kier alpha value is -0.960. The Balaban J connectivity index is 1.81. The van der Waals surface area contributed by atoms with Gasteiger partial charge in [0.05, 0.1) is 13.9 Å². The molecule has 4 nitrogen and oxygen atoms in total. The van der Waals surface area contributed by atoms with Crippen molar-refractivity contribution in [2.75, 3.05) is 11.5 Å². The Morgan fingerprint density at radius 1 is 0.692 bits per heavy atom. The Morgan fingerprint density at radius 3 is 1.46 bits per heavy atom. The van der Waals surface area contributed by atoms with Crippen molar-refractivity contribution < 1.29 is 16.8 Å². The van der Waals surface area contributed by atoms with Crippen LogP contribution in [0.4, 0.5) is 0 Å². The molecule has 4 rings (SSSR count). The third-order valence-corrected chi connectivity index (χ3v) is 13.6. The Morgan fingerprint density at radius 2 is 1.08 bits per heavy atom. The molecule has 1 saturated carbocycles. The molecule has 138 valence electrons. The van der Waals surface area contributed by atoms with Crippen molar-refractivity contribution in [2.45, 2.75) is 30.8 Å². The normalized spacial score (nSPS) is 25.1. The number of thioether (sulfide) groups is 2. The van der Waals surface area contributed by atoms with E-state index in [9.17, 15) is 16.8 Å². The second-order valence-electron chi connectivity index (χ2n) is 6.33. The molecule has 1 aliphatic carbocycles. The summed E-state index contributed by atoms with van der Waals surface area (Å²) in [5, 5.41) is -1.84. The molecule has 8 heteroatoms. The molecule has 2 atom stereocenters. The van der Waals surface area contributed by atoms with Gasteiger partial charge in [-0.05, 0) is 42.2 Å². The molecular weight excluding hydrogens is 408 g/mol. The third-order valence-electron chi connectivity index (χ3n) is 4.72. The summed E-state index contributed by atoms with van der Waals surface area (Å²) in [6.07, 6.45) is 0.966. The van der Waals surface area contributed by atoms with E-state index in [2.05, 4.69) is 0 Å². The molecule has 1 heterocycles. The highest BCUT2D eigenvalue weighted by Gasteiger charge is 2.77. The van der Waals surface area contributed by atoms with Crippen molar-refractivity contribution in [3.8, 4) is 0 Å². The van der Waals surface area contributed by atoms with Gasteiger partial charge in [-0.15, -0.1) is 23.5 Å². The molecule has 0 aromatic heterocycles. The number of hydrogen-bond acceptors (Lipinski definition) is 6. The zero-order chi connectivity index (χ0) is 18.4. The average Bonchev–Trinajstić information content (AvgIpc) is 3.33. The molecule has 1 spiro atoms. The highest BCUT2D eigenvalue weighted by molar-refractivity contribution is 8.22. The fraction of sp³-hybridized carbons (Fsp3) is 0.333. The van der Waals surface area contributed by atoms with Gasteiger partial charge in [-0.25, -0.2) is 16.8 Å². The van der Waals surface area contributed by atoms with E-state index in [1.165, 1.54) is 23.5 Å². The first-order chi connectivity index (χ1) is 12.4. The molecule has 0 radical (unpaired) electrons. The van der Waals surface area contributed by atoms with Crippen LogP contribution in [0, 0.1) is 0 Å². The van der Waals surface area contributed by atoms with Crippen molar-refractivity contribution in [3.05, 3.63) is 60.7 Å². The first-order valence-electron chi connectivity index (χ1n) is 8.26. The first-order valence-corrected chi connectivity index (χ1v) is 13.3. The molecule has 0 N–H and O–H groups in total. The van der Waals surface area contributed by atoms with Crippen LogP contribution in [0.15, 0.2) is 70.5 Å².